The molecular weight excluding hydrogens is 248 g/mol. The average molecular weight is 256 g/mol. The van der Waals surface area contributed by atoms with Crippen LogP contribution in [0.3, 0.4) is 0 Å². The molecule has 0 saturated heterocycles. The molecule has 1 nitrogen and oxygen atoms in total. The first kappa shape index (κ1) is 10.1. The Kier molecular flexibility index (Phi) is 2.85. The summed E-state index contributed by atoms with van der Waals surface area (Å²) in [4.78, 5) is 0.490. The molecule has 1 aromatic heterocycles. The Morgan fingerprint density at radius 1 is 1.67 bits per heavy atom. The molecule has 1 unspecified atom stereocenters. The monoisotopic (exact) mass is 255 g/mol. The van der Waals surface area contributed by atoms with E-state index in [9.17, 15) is 8.78 Å². The van der Waals surface area contributed by atoms with Crippen LogP contribution < -0.4 is 5.73 Å². The van der Waals surface area contributed by atoms with Gasteiger partial charge in [0.2, 0.25) is 0 Å². The molecular formula is C7H8BrF2NS. The van der Waals surface area contributed by atoms with Crippen molar-refractivity contribution in [1.82, 2.24) is 0 Å². The zero-order chi connectivity index (χ0) is 9.35. The van der Waals surface area contributed by atoms with Crippen molar-refractivity contribution >= 4 is 27.3 Å². The summed E-state index contributed by atoms with van der Waals surface area (Å²) < 4.78 is 25.5. The highest BCUT2D eigenvalue weighted by Gasteiger charge is 2.33. The van der Waals surface area contributed by atoms with Crippen molar-refractivity contribution in [2.45, 2.75) is 18.9 Å². The van der Waals surface area contributed by atoms with Crippen LogP contribution in [0.4, 0.5) is 8.78 Å². The molecule has 0 amide bonds. The van der Waals surface area contributed by atoms with Gasteiger partial charge in [0.15, 0.2) is 0 Å². The van der Waals surface area contributed by atoms with E-state index < -0.39 is 12.0 Å². The van der Waals surface area contributed by atoms with E-state index >= 15 is 0 Å². The van der Waals surface area contributed by atoms with Crippen LogP contribution in [0.25, 0.3) is 0 Å². The minimum absolute atomic E-state index is 0.490. The molecule has 0 radical (unpaired) electrons. The third kappa shape index (κ3) is 1.84. The minimum atomic E-state index is -2.54. The number of nitrogens with two attached hydrogens (primary N) is 1. The van der Waals surface area contributed by atoms with Crippen LogP contribution in [0.2, 0.25) is 0 Å². The molecule has 1 atom stereocenters. The van der Waals surface area contributed by atoms with Crippen LogP contribution in [0.1, 0.15) is 11.8 Å². The fourth-order valence-electron chi connectivity index (χ4n) is 0.703. The van der Waals surface area contributed by atoms with Gasteiger partial charge in [-0.05, 0) is 28.9 Å². The zero-order valence-electron chi connectivity index (χ0n) is 6.35. The quantitative estimate of drug-likeness (QED) is 0.864. The maximum absolute atomic E-state index is 12.4. The third-order valence-corrected chi connectivity index (χ3v) is 3.50. The normalized spacial score (nSPS) is 16.5. The summed E-state index contributed by atoms with van der Waals surface area (Å²) in [5.41, 5.74) is 3.90. The Bertz CT molecular complexity index is 272. The molecule has 1 rings (SSSR count). The first-order chi connectivity index (χ1) is 5.44. The van der Waals surface area contributed by atoms with Gasteiger partial charge in [0.05, 0.1) is 0 Å². The van der Waals surface area contributed by atoms with E-state index in [1.54, 1.807) is 11.4 Å². The molecule has 0 aliphatic rings. The van der Waals surface area contributed by atoms with Crippen LogP contribution in [-0.4, -0.2) is 6.43 Å². The maximum Gasteiger partial charge on any atom is 0.260 e. The van der Waals surface area contributed by atoms with Crippen molar-refractivity contribution in [3.05, 3.63) is 20.8 Å². The first-order valence-corrected chi connectivity index (χ1v) is 4.93. The minimum Gasteiger partial charge on any atom is -0.316 e. The Balaban J connectivity index is 2.97. The summed E-state index contributed by atoms with van der Waals surface area (Å²) in [6.45, 7) is 1.33. The van der Waals surface area contributed by atoms with Crippen molar-refractivity contribution in [2.75, 3.05) is 0 Å². The molecule has 2 N–H and O–H groups in total. The molecule has 0 fully saturated rings. The highest BCUT2D eigenvalue weighted by Crippen LogP contribution is 2.32. The SMILES string of the molecule is CC(N)(c1cc(Br)cs1)C(F)F. The van der Waals surface area contributed by atoms with E-state index in [1.807, 2.05) is 0 Å². The predicted octanol–water partition coefficient (Wildman–Crippen LogP) is 2.95. The summed E-state index contributed by atoms with van der Waals surface area (Å²) in [6, 6.07) is 1.62. The van der Waals surface area contributed by atoms with E-state index in [0.29, 0.717) is 4.88 Å². The van der Waals surface area contributed by atoms with E-state index in [-0.39, 0.29) is 0 Å². The lowest BCUT2D eigenvalue weighted by atomic mass is 10.0. The Morgan fingerprint density at radius 3 is 2.58 bits per heavy atom. The highest BCUT2D eigenvalue weighted by atomic mass is 79.9. The van der Waals surface area contributed by atoms with Gasteiger partial charge < -0.3 is 5.73 Å². The van der Waals surface area contributed by atoms with E-state index in [0.717, 1.165) is 4.47 Å². The van der Waals surface area contributed by atoms with Gasteiger partial charge >= 0.3 is 0 Å². The molecule has 0 spiro atoms. The van der Waals surface area contributed by atoms with Crippen molar-refractivity contribution in [3.8, 4) is 0 Å². The molecule has 0 aliphatic carbocycles. The number of alkyl halides is 2. The fourth-order valence-corrected chi connectivity index (χ4v) is 2.21. The molecule has 0 aliphatic heterocycles. The standard InChI is InChI=1S/C7H8BrF2NS/c1-7(11,6(9)10)5-2-4(8)3-12-5/h2-3,6H,11H2,1H3. The van der Waals surface area contributed by atoms with Crippen LogP contribution in [-0.2, 0) is 5.54 Å². The third-order valence-electron chi connectivity index (χ3n) is 1.55. The average Bonchev–Trinajstić information content (AvgIpc) is 2.35. The Hall–Kier alpha value is -0.0000000000000000833. The smallest absolute Gasteiger partial charge is 0.260 e. The highest BCUT2D eigenvalue weighted by molar-refractivity contribution is 9.10. The fraction of sp³-hybridized carbons (Fsp3) is 0.429. The topological polar surface area (TPSA) is 26.0 Å². The zero-order valence-corrected chi connectivity index (χ0v) is 8.75. The summed E-state index contributed by atoms with van der Waals surface area (Å²) in [5, 5.41) is 1.74. The van der Waals surface area contributed by atoms with Crippen LogP contribution in [0.5, 0.6) is 0 Å². The predicted molar refractivity (Wildman–Crippen MR) is 49.6 cm³/mol. The van der Waals surface area contributed by atoms with Gasteiger partial charge in [0.25, 0.3) is 6.43 Å². The van der Waals surface area contributed by atoms with Crippen molar-refractivity contribution < 1.29 is 8.78 Å². The molecule has 1 heterocycles. The number of halogens is 3. The van der Waals surface area contributed by atoms with Crippen molar-refractivity contribution in [3.63, 3.8) is 0 Å². The largest absolute Gasteiger partial charge is 0.316 e. The van der Waals surface area contributed by atoms with Gasteiger partial charge in [-0.25, -0.2) is 8.78 Å². The van der Waals surface area contributed by atoms with Gasteiger partial charge in [-0.3, -0.25) is 0 Å². The molecule has 0 aromatic carbocycles. The molecule has 1 aromatic rings. The Labute approximate surface area is 81.7 Å². The van der Waals surface area contributed by atoms with Crippen LogP contribution in [0, 0.1) is 0 Å². The number of rotatable bonds is 2. The first-order valence-electron chi connectivity index (χ1n) is 3.26. The van der Waals surface area contributed by atoms with Gasteiger partial charge in [0, 0.05) is 14.7 Å². The lowest BCUT2D eigenvalue weighted by molar-refractivity contribution is 0.0644. The molecule has 0 bridgehead atoms. The Morgan fingerprint density at radius 2 is 2.25 bits per heavy atom. The van der Waals surface area contributed by atoms with E-state index in [4.69, 9.17) is 5.73 Å². The summed E-state index contributed by atoms with van der Waals surface area (Å²) in [6.07, 6.45) is -2.54. The van der Waals surface area contributed by atoms with Gasteiger partial charge in [-0.1, -0.05) is 0 Å². The molecule has 5 heteroatoms. The summed E-state index contributed by atoms with van der Waals surface area (Å²) in [5.74, 6) is 0. The summed E-state index contributed by atoms with van der Waals surface area (Å²) in [7, 11) is 0. The molecule has 12 heavy (non-hydrogen) atoms. The van der Waals surface area contributed by atoms with Crippen LogP contribution in [0.15, 0.2) is 15.9 Å². The number of thiophene rings is 1. The van der Waals surface area contributed by atoms with Gasteiger partial charge in [-0.2, -0.15) is 0 Å². The van der Waals surface area contributed by atoms with Gasteiger partial charge in [-0.15, -0.1) is 11.3 Å². The lowest BCUT2D eigenvalue weighted by Gasteiger charge is -2.21. The van der Waals surface area contributed by atoms with Crippen molar-refractivity contribution in [1.29, 1.82) is 0 Å². The second-order valence-electron chi connectivity index (χ2n) is 2.71. The van der Waals surface area contributed by atoms with Gasteiger partial charge in [0.1, 0.15) is 5.54 Å². The maximum atomic E-state index is 12.4. The molecule has 0 saturated carbocycles. The second-order valence-corrected chi connectivity index (χ2v) is 4.54. The van der Waals surface area contributed by atoms with E-state index in [1.165, 1.54) is 18.3 Å². The number of hydrogen-bond donors (Lipinski definition) is 1. The van der Waals surface area contributed by atoms with Crippen molar-refractivity contribution in [2.24, 2.45) is 5.73 Å². The molecule has 68 valence electrons. The second kappa shape index (κ2) is 3.40. The lowest BCUT2D eigenvalue weighted by Crippen LogP contribution is -2.39. The van der Waals surface area contributed by atoms with E-state index in [2.05, 4.69) is 15.9 Å². The number of hydrogen-bond acceptors (Lipinski definition) is 2. The summed E-state index contributed by atoms with van der Waals surface area (Å²) >= 11 is 4.42. The van der Waals surface area contributed by atoms with Crippen LogP contribution >= 0.6 is 27.3 Å².